The van der Waals surface area contributed by atoms with Crippen LogP contribution in [0.3, 0.4) is 0 Å². The van der Waals surface area contributed by atoms with Crippen LogP contribution in [0.1, 0.15) is 38.5 Å². The summed E-state index contributed by atoms with van der Waals surface area (Å²) in [6.45, 7) is 0.512. The van der Waals surface area contributed by atoms with Crippen LogP contribution in [0.4, 0.5) is 10.5 Å². The summed E-state index contributed by atoms with van der Waals surface area (Å²) in [6.07, 6.45) is 4.80. The summed E-state index contributed by atoms with van der Waals surface area (Å²) in [7, 11) is 0. The highest BCUT2D eigenvalue weighted by Crippen LogP contribution is 2.27. The average Bonchev–Trinajstić information content (AvgIpc) is 2.55. The number of rotatable bonds is 6. The fourth-order valence-electron chi connectivity index (χ4n) is 2.73. The van der Waals surface area contributed by atoms with Crippen molar-refractivity contribution < 1.29 is 14.7 Å². The van der Waals surface area contributed by atoms with E-state index in [-0.39, 0.29) is 31.4 Å². The first kappa shape index (κ1) is 17.3. The molecule has 1 aliphatic rings. The van der Waals surface area contributed by atoms with Gasteiger partial charge in [0.15, 0.2) is 0 Å². The molecule has 0 radical (unpaired) electrons. The summed E-state index contributed by atoms with van der Waals surface area (Å²) >= 11 is 0. The van der Waals surface area contributed by atoms with Gasteiger partial charge in [-0.15, -0.1) is 0 Å². The summed E-state index contributed by atoms with van der Waals surface area (Å²) in [5.74, 6) is -0.151. The highest BCUT2D eigenvalue weighted by molar-refractivity contribution is 5.91. The van der Waals surface area contributed by atoms with Crippen molar-refractivity contribution in [2.75, 3.05) is 18.4 Å². The molecular formula is C17H25N3O3. The number of carbonyl (C=O) groups excluding carboxylic acids is 2. The number of para-hydroxylation sites is 1. The maximum atomic E-state index is 11.7. The summed E-state index contributed by atoms with van der Waals surface area (Å²) in [5, 5.41) is 18.4. The van der Waals surface area contributed by atoms with Crippen LogP contribution in [0, 0.1) is 0 Å². The van der Waals surface area contributed by atoms with Gasteiger partial charge in [-0.05, 0) is 25.0 Å². The van der Waals surface area contributed by atoms with Crippen LogP contribution in [0.25, 0.3) is 0 Å². The van der Waals surface area contributed by atoms with Crippen molar-refractivity contribution in [3.8, 4) is 0 Å². The van der Waals surface area contributed by atoms with Crippen molar-refractivity contribution in [2.45, 2.75) is 44.1 Å². The Bertz CT molecular complexity index is 513. The van der Waals surface area contributed by atoms with Gasteiger partial charge >= 0.3 is 6.03 Å². The Morgan fingerprint density at radius 1 is 1.04 bits per heavy atom. The van der Waals surface area contributed by atoms with Crippen LogP contribution >= 0.6 is 0 Å². The highest BCUT2D eigenvalue weighted by Gasteiger charge is 2.29. The zero-order valence-electron chi connectivity index (χ0n) is 13.3. The van der Waals surface area contributed by atoms with E-state index < -0.39 is 5.60 Å². The molecule has 0 aliphatic heterocycles. The molecule has 0 saturated heterocycles. The fraction of sp³-hybridized carbons (Fsp3) is 0.529. The molecule has 0 bridgehead atoms. The third kappa shape index (κ3) is 6.28. The molecular weight excluding hydrogens is 294 g/mol. The molecule has 23 heavy (non-hydrogen) atoms. The van der Waals surface area contributed by atoms with E-state index in [1.54, 1.807) is 0 Å². The van der Waals surface area contributed by atoms with E-state index in [2.05, 4.69) is 16.0 Å². The topological polar surface area (TPSA) is 90.5 Å². The number of hydrogen-bond acceptors (Lipinski definition) is 3. The molecule has 6 nitrogen and oxygen atoms in total. The lowest BCUT2D eigenvalue weighted by Gasteiger charge is -2.32. The Labute approximate surface area is 136 Å². The molecule has 1 aromatic rings. The number of aliphatic hydroxyl groups is 1. The normalized spacial score (nSPS) is 16.4. The SMILES string of the molecule is O=C(CCNC(=O)NCC1(O)CCCCC1)Nc1ccccc1. The zero-order valence-corrected chi connectivity index (χ0v) is 13.3. The largest absolute Gasteiger partial charge is 0.388 e. The van der Waals surface area contributed by atoms with Crippen LogP contribution in [0.2, 0.25) is 0 Å². The van der Waals surface area contributed by atoms with Crippen molar-refractivity contribution in [2.24, 2.45) is 0 Å². The Balaban J connectivity index is 1.60. The summed E-state index contributed by atoms with van der Waals surface area (Å²) in [4.78, 5) is 23.4. The van der Waals surface area contributed by atoms with E-state index >= 15 is 0 Å². The molecule has 0 unspecified atom stereocenters. The van der Waals surface area contributed by atoms with E-state index in [0.29, 0.717) is 0 Å². The molecule has 1 saturated carbocycles. The fourth-order valence-corrected chi connectivity index (χ4v) is 2.73. The molecule has 2 rings (SSSR count). The van der Waals surface area contributed by atoms with Crippen molar-refractivity contribution in [3.63, 3.8) is 0 Å². The first-order valence-electron chi connectivity index (χ1n) is 8.16. The summed E-state index contributed by atoms with van der Waals surface area (Å²) < 4.78 is 0. The lowest BCUT2D eigenvalue weighted by atomic mass is 9.85. The first-order chi connectivity index (χ1) is 11.1. The number of amides is 3. The maximum Gasteiger partial charge on any atom is 0.314 e. The minimum absolute atomic E-state index is 0.151. The molecule has 0 spiro atoms. The van der Waals surface area contributed by atoms with E-state index in [0.717, 1.165) is 37.8 Å². The average molecular weight is 319 g/mol. The molecule has 4 N–H and O–H groups in total. The molecule has 1 fully saturated rings. The second-order valence-corrected chi connectivity index (χ2v) is 6.06. The van der Waals surface area contributed by atoms with E-state index in [9.17, 15) is 14.7 Å². The molecule has 0 heterocycles. The predicted molar refractivity (Wildman–Crippen MR) is 89.1 cm³/mol. The minimum Gasteiger partial charge on any atom is -0.388 e. The monoisotopic (exact) mass is 319 g/mol. The quantitative estimate of drug-likeness (QED) is 0.646. The van der Waals surface area contributed by atoms with Gasteiger partial charge < -0.3 is 21.1 Å². The molecule has 0 atom stereocenters. The smallest absolute Gasteiger partial charge is 0.314 e. The maximum absolute atomic E-state index is 11.7. The lowest BCUT2D eigenvalue weighted by molar-refractivity contribution is -0.116. The van der Waals surface area contributed by atoms with Gasteiger partial charge in [-0.25, -0.2) is 4.79 Å². The molecule has 1 aromatic carbocycles. The Morgan fingerprint density at radius 3 is 2.43 bits per heavy atom. The molecule has 0 aromatic heterocycles. The Kier molecular flexibility index (Phi) is 6.40. The predicted octanol–water partition coefficient (Wildman–Crippen LogP) is 2.01. The van der Waals surface area contributed by atoms with Gasteiger partial charge in [0.2, 0.25) is 5.91 Å². The van der Waals surface area contributed by atoms with Gasteiger partial charge in [0.1, 0.15) is 0 Å². The van der Waals surface area contributed by atoms with Gasteiger partial charge in [0, 0.05) is 25.2 Å². The standard InChI is InChI=1S/C17H25N3O3/c21-15(20-14-7-3-1-4-8-14)9-12-18-16(22)19-13-17(23)10-5-2-6-11-17/h1,3-4,7-8,23H,2,5-6,9-13H2,(H,20,21)(H2,18,19,22). The van der Waals surface area contributed by atoms with Gasteiger partial charge in [0.25, 0.3) is 0 Å². The second kappa shape index (κ2) is 8.53. The van der Waals surface area contributed by atoms with Crippen LogP contribution in [-0.4, -0.2) is 35.7 Å². The summed E-state index contributed by atoms with van der Waals surface area (Å²) in [6, 6.07) is 8.83. The molecule has 126 valence electrons. The number of hydrogen-bond donors (Lipinski definition) is 4. The van der Waals surface area contributed by atoms with Gasteiger partial charge in [-0.1, -0.05) is 37.5 Å². The third-order valence-electron chi connectivity index (χ3n) is 4.06. The van der Waals surface area contributed by atoms with Crippen LogP contribution < -0.4 is 16.0 Å². The number of benzene rings is 1. The minimum atomic E-state index is -0.778. The highest BCUT2D eigenvalue weighted by atomic mass is 16.3. The lowest BCUT2D eigenvalue weighted by Crippen LogP contribution is -2.47. The van der Waals surface area contributed by atoms with Gasteiger partial charge in [-0.3, -0.25) is 4.79 Å². The van der Waals surface area contributed by atoms with Gasteiger partial charge in [0.05, 0.1) is 5.60 Å². The first-order valence-corrected chi connectivity index (χ1v) is 8.16. The molecule has 3 amide bonds. The number of carbonyl (C=O) groups is 2. The Hall–Kier alpha value is -2.08. The number of nitrogens with one attached hydrogen (secondary N) is 3. The summed E-state index contributed by atoms with van der Waals surface area (Å²) in [5.41, 5.74) is -0.0400. The third-order valence-corrected chi connectivity index (χ3v) is 4.06. The van der Waals surface area contributed by atoms with E-state index in [1.165, 1.54) is 0 Å². The zero-order chi connectivity index (χ0) is 16.5. The van der Waals surface area contributed by atoms with Crippen molar-refractivity contribution >= 4 is 17.6 Å². The van der Waals surface area contributed by atoms with Crippen molar-refractivity contribution in [1.29, 1.82) is 0 Å². The number of urea groups is 1. The van der Waals surface area contributed by atoms with E-state index in [4.69, 9.17) is 0 Å². The second-order valence-electron chi connectivity index (χ2n) is 6.06. The van der Waals surface area contributed by atoms with Crippen LogP contribution in [0.15, 0.2) is 30.3 Å². The van der Waals surface area contributed by atoms with Crippen molar-refractivity contribution in [3.05, 3.63) is 30.3 Å². The Morgan fingerprint density at radius 2 is 1.74 bits per heavy atom. The van der Waals surface area contributed by atoms with Gasteiger partial charge in [-0.2, -0.15) is 0 Å². The van der Waals surface area contributed by atoms with Crippen LogP contribution in [-0.2, 0) is 4.79 Å². The molecule has 6 heteroatoms. The van der Waals surface area contributed by atoms with Crippen LogP contribution in [0.5, 0.6) is 0 Å². The number of anilines is 1. The molecule has 1 aliphatic carbocycles. The van der Waals surface area contributed by atoms with E-state index in [1.807, 2.05) is 30.3 Å². The van der Waals surface area contributed by atoms with Crippen molar-refractivity contribution in [1.82, 2.24) is 10.6 Å².